The Bertz CT molecular complexity index is 593. The summed E-state index contributed by atoms with van der Waals surface area (Å²) in [5.41, 5.74) is 4.25. The van der Waals surface area contributed by atoms with Crippen LogP contribution in [0.2, 0.25) is 5.02 Å². The highest BCUT2D eigenvalue weighted by Gasteiger charge is 2.05. The van der Waals surface area contributed by atoms with Crippen molar-refractivity contribution in [2.75, 3.05) is 7.05 Å². The van der Waals surface area contributed by atoms with Gasteiger partial charge in [-0.25, -0.2) is 0 Å². The molecule has 3 heteroatoms. The minimum atomic E-state index is 0.744. The first-order valence-electron chi connectivity index (χ1n) is 5.64. The van der Waals surface area contributed by atoms with Gasteiger partial charge in [-0.05, 0) is 40.2 Å². The molecule has 0 bridgehead atoms. The van der Waals surface area contributed by atoms with Crippen LogP contribution in [0.1, 0.15) is 5.56 Å². The van der Waals surface area contributed by atoms with Crippen LogP contribution in [0, 0.1) is 0 Å². The summed E-state index contributed by atoms with van der Waals surface area (Å²) in [6.07, 6.45) is 0. The van der Waals surface area contributed by atoms with Crippen molar-refractivity contribution in [3.63, 3.8) is 0 Å². The molecule has 0 fully saturated rings. The molecule has 0 saturated heterocycles. The highest BCUT2D eigenvalue weighted by molar-refractivity contribution is 7.28. The third-order valence-electron chi connectivity index (χ3n) is 2.84. The van der Waals surface area contributed by atoms with Gasteiger partial charge in [-0.3, -0.25) is 0 Å². The van der Waals surface area contributed by atoms with E-state index in [0.717, 1.165) is 32.7 Å². The standard InChI is InChI=1S/C15H15ClNP/c1-10(17-2)11-4-3-5-12(8-11)14-9-13(16)6-7-15(14)18/h3-9,17H,1,18H2,2H3. The lowest BCUT2D eigenvalue weighted by Gasteiger charge is -2.10. The van der Waals surface area contributed by atoms with E-state index in [1.807, 2.05) is 37.4 Å². The minimum absolute atomic E-state index is 0.744. The lowest BCUT2D eigenvalue weighted by molar-refractivity contribution is 1.13. The molecule has 0 aliphatic heterocycles. The third-order valence-corrected chi connectivity index (χ3v) is 3.58. The second kappa shape index (κ2) is 5.56. The number of nitrogens with one attached hydrogen (secondary N) is 1. The predicted octanol–water partition coefficient (Wildman–Crippen LogP) is 3.70. The van der Waals surface area contributed by atoms with Crippen LogP contribution in [-0.4, -0.2) is 7.05 Å². The first-order chi connectivity index (χ1) is 8.61. The van der Waals surface area contributed by atoms with Crippen LogP contribution in [0.4, 0.5) is 0 Å². The fourth-order valence-corrected chi connectivity index (χ4v) is 2.32. The first kappa shape index (κ1) is 13.1. The van der Waals surface area contributed by atoms with Crippen LogP contribution in [-0.2, 0) is 0 Å². The Morgan fingerprint density at radius 1 is 1.22 bits per heavy atom. The second-order valence-electron chi connectivity index (χ2n) is 4.04. The Balaban J connectivity index is 2.51. The largest absolute Gasteiger partial charge is 0.388 e. The number of benzene rings is 2. The van der Waals surface area contributed by atoms with Gasteiger partial charge in [-0.1, -0.05) is 42.4 Å². The molecule has 2 rings (SSSR count). The summed E-state index contributed by atoms with van der Waals surface area (Å²) < 4.78 is 0. The fourth-order valence-electron chi connectivity index (χ4n) is 1.80. The van der Waals surface area contributed by atoms with Gasteiger partial charge in [0.25, 0.3) is 0 Å². The molecule has 2 aromatic rings. The van der Waals surface area contributed by atoms with Crippen molar-refractivity contribution in [2.45, 2.75) is 0 Å². The SMILES string of the molecule is C=C(NC)c1cccc(-c2cc(Cl)ccc2P)c1. The molecule has 92 valence electrons. The van der Waals surface area contributed by atoms with Crippen LogP contribution < -0.4 is 10.6 Å². The van der Waals surface area contributed by atoms with Gasteiger partial charge in [0, 0.05) is 17.8 Å². The van der Waals surface area contributed by atoms with Crippen molar-refractivity contribution in [2.24, 2.45) is 0 Å². The van der Waals surface area contributed by atoms with Gasteiger partial charge in [-0.15, -0.1) is 9.24 Å². The van der Waals surface area contributed by atoms with Gasteiger partial charge >= 0.3 is 0 Å². The van der Waals surface area contributed by atoms with E-state index >= 15 is 0 Å². The van der Waals surface area contributed by atoms with E-state index in [9.17, 15) is 0 Å². The summed E-state index contributed by atoms with van der Waals surface area (Å²) in [5, 5.41) is 4.94. The van der Waals surface area contributed by atoms with Crippen LogP contribution in [0.25, 0.3) is 16.8 Å². The number of hydrogen-bond acceptors (Lipinski definition) is 1. The zero-order chi connectivity index (χ0) is 13.1. The van der Waals surface area contributed by atoms with Crippen molar-refractivity contribution in [3.8, 4) is 11.1 Å². The van der Waals surface area contributed by atoms with E-state index < -0.39 is 0 Å². The molecule has 0 spiro atoms. The molecule has 0 aliphatic carbocycles. The summed E-state index contributed by atoms with van der Waals surface area (Å²) >= 11 is 6.06. The number of halogens is 1. The van der Waals surface area contributed by atoms with Crippen molar-refractivity contribution in [3.05, 3.63) is 59.6 Å². The average Bonchev–Trinajstić information content (AvgIpc) is 2.40. The van der Waals surface area contributed by atoms with Gasteiger partial charge in [0.05, 0.1) is 0 Å². The summed E-state index contributed by atoms with van der Waals surface area (Å²) in [7, 11) is 4.61. The second-order valence-corrected chi connectivity index (χ2v) is 5.10. The maximum absolute atomic E-state index is 6.06. The van der Waals surface area contributed by atoms with Crippen LogP contribution in [0.3, 0.4) is 0 Å². The molecule has 2 aromatic carbocycles. The van der Waals surface area contributed by atoms with Gasteiger partial charge in [0.2, 0.25) is 0 Å². The van der Waals surface area contributed by atoms with Crippen molar-refractivity contribution in [1.29, 1.82) is 0 Å². The molecule has 0 heterocycles. The third kappa shape index (κ3) is 2.75. The molecule has 0 radical (unpaired) electrons. The van der Waals surface area contributed by atoms with Crippen LogP contribution >= 0.6 is 20.8 Å². The van der Waals surface area contributed by atoms with Gasteiger partial charge in [-0.2, -0.15) is 0 Å². The number of rotatable bonds is 3. The number of hydrogen-bond donors (Lipinski definition) is 1. The Morgan fingerprint density at radius 3 is 2.72 bits per heavy atom. The molecule has 0 amide bonds. The van der Waals surface area contributed by atoms with E-state index in [-0.39, 0.29) is 0 Å². The molecule has 0 aromatic heterocycles. The molecule has 18 heavy (non-hydrogen) atoms. The molecule has 1 nitrogen and oxygen atoms in total. The normalized spacial score (nSPS) is 10.2. The molecular weight excluding hydrogens is 261 g/mol. The zero-order valence-corrected chi connectivity index (χ0v) is 12.1. The highest BCUT2D eigenvalue weighted by Crippen LogP contribution is 2.25. The lowest BCUT2D eigenvalue weighted by Crippen LogP contribution is -2.03. The summed E-state index contributed by atoms with van der Waals surface area (Å²) in [4.78, 5) is 0. The Morgan fingerprint density at radius 2 is 2.00 bits per heavy atom. The fraction of sp³-hybridized carbons (Fsp3) is 0.0667. The van der Waals surface area contributed by atoms with Gasteiger partial charge in [0.1, 0.15) is 0 Å². The first-order valence-corrected chi connectivity index (χ1v) is 6.60. The Hall–Kier alpha value is -1.30. The summed E-state index contributed by atoms with van der Waals surface area (Å²) in [6, 6.07) is 14.1. The monoisotopic (exact) mass is 275 g/mol. The van der Waals surface area contributed by atoms with Gasteiger partial charge < -0.3 is 5.32 Å². The molecular formula is C15H15ClNP. The Labute approximate surface area is 115 Å². The van der Waals surface area contributed by atoms with Crippen molar-refractivity contribution >= 4 is 31.8 Å². The van der Waals surface area contributed by atoms with E-state index in [1.54, 1.807) is 0 Å². The summed E-state index contributed by atoms with van der Waals surface area (Å²) in [6.45, 7) is 3.98. The lowest BCUT2D eigenvalue weighted by atomic mass is 10.0. The maximum Gasteiger partial charge on any atom is 0.0412 e. The van der Waals surface area contributed by atoms with E-state index in [1.165, 1.54) is 0 Å². The van der Waals surface area contributed by atoms with Crippen molar-refractivity contribution < 1.29 is 0 Å². The average molecular weight is 276 g/mol. The molecule has 1 N–H and O–H groups in total. The maximum atomic E-state index is 6.06. The topological polar surface area (TPSA) is 12.0 Å². The molecule has 1 unspecified atom stereocenters. The smallest absolute Gasteiger partial charge is 0.0412 e. The van der Waals surface area contributed by atoms with Crippen molar-refractivity contribution in [1.82, 2.24) is 5.32 Å². The zero-order valence-electron chi connectivity index (χ0n) is 10.2. The molecule has 0 aliphatic rings. The van der Waals surface area contributed by atoms with E-state index in [2.05, 4.69) is 33.3 Å². The molecule has 1 atom stereocenters. The minimum Gasteiger partial charge on any atom is -0.388 e. The molecule has 0 saturated carbocycles. The van der Waals surface area contributed by atoms with E-state index in [4.69, 9.17) is 11.6 Å². The van der Waals surface area contributed by atoms with E-state index in [0.29, 0.717) is 0 Å². The predicted molar refractivity (Wildman–Crippen MR) is 84.3 cm³/mol. The van der Waals surface area contributed by atoms with Crippen LogP contribution in [0.15, 0.2) is 49.0 Å². The summed E-state index contributed by atoms with van der Waals surface area (Å²) in [5.74, 6) is 0. The van der Waals surface area contributed by atoms with Crippen LogP contribution in [0.5, 0.6) is 0 Å². The quantitative estimate of drug-likeness (QED) is 0.843. The highest BCUT2D eigenvalue weighted by atomic mass is 35.5. The Kier molecular flexibility index (Phi) is 4.06. The van der Waals surface area contributed by atoms with Gasteiger partial charge in [0.15, 0.2) is 0 Å².